The number of hydrogen-bond acceptors (Lipinski definition) is 5. The van der Waals surface area contributed by atoms with Crippen molar-refractivity contribution in [2.45, 2.75) is 17.0 Å². The van der Waals surface area contributed by atoms with E-state index in [0.29, 0.717) is 11.3 Å². The summed E-state index contributed by atoms with van der Waals surface area (Å²) in [6, 6.07) is 11.0. The lowest BCUT2D eigenvalue weighted by atomic mass is 9.96. The van der Waals surface area contributed by atoms with Crippen LogP contribution in [0.25, 0.3) is 0 Å². The summed E-state index contributed by atoms with van der Waals surface area (Å²) in [5, 5.41) is 2.51. The Labute approximate surface area is 189 Å². The molecule has 1 saturated heterocycles. The molecule has 1 fully saturated rings. The van der Waals surface area contributed by atoms with Crippen LogP contribution in [0.5, 0.6) is 0 Å². The number of anilines is 1. The number of aromatic nitrogens is 2. The SMILES string of the molecule is Cn1cnc(S(=O)(=O)N2CC(OCC(=O)Nc3ccc(F)cc3)C(c3ccc(F)cc3)C2)c1. The van der Waals surface area contributed by atoms with Gasteiger partial charge in [0.25, 0.3) is 10.0 Å². The van der Waals surface area contributed by atoms with Gasteiger partial charge in [-0.25, -0.2) is 22.2 Å². The van der Waals surface area contributed by atoms with Gasteiger partial charge in [0.2, 0.25) is 5.91 Å². The number of ether oxygens (including phenoxy) is 1. The predicted octanol–water partition coefficient (Wildman–Crippen LogP) is 2.51. The Morgan fingerprint density at radius 1 is 1.09 bits per heavy atom. The summed E-state index contributed by atoms with van der Waals surface area (Å²) in [6.45, 7) is -0.239. The molecule has 2 aromatic carbocycles. The second-order valence-electron chi connectivity index (χ2n) is 7.76. The van der Waals surface area contributed by atoms with E-state index in [1.54, 1.807) is 19.2 Å². The van der Waals surface area contributed by atoms with Crippen molar-refractivity contribution in [2.75, 3.05) is 25.0 Å². The summed E-state index contributed by atoms with van der Waals surface area (Å²) < 4.78 is 61.2. The Morgan fingerprint density at radius 2 is 1.73 bits per heavy atom. The molecule has 4 rings (SSSR count). The number of carbonyl (C=O) groups excluding carboxylic acids is 1. The fraction of sp³-hybridized carbons (Fsp3) is 0.273. The highest BCUT2D eigenvalue weighted by Gasteiger charge is 2.41. The third-order valence-corrected chi connectivity index (χ3v) is 7.09. The first kappa shape index (κ1) is 23.0. The number of nitrogens with one attached hydrogen (secondary N) is 1. The van der Waals surface area contributed by atoms with Crippen LogP contribution >= 0.6 is 0 Å². The lowest BCUT2D eigenvalue weighted by Crippen LogP contribution is -2.31. The molecule has 0 radical (unpaired) electrons. The smallest absolute Gasteiger partial charge is 0.262 e. The van der Waals surface area contributed by atoms with Gasteiger partial charge in [-0.05, 0) is 42.0 Å². The molecule has 1 aliphatic heterocycles. The number of benzene rings is 2. The minimum atomic E-state index is -3.88. The standard InChI is InChI=1S/C22H22F2N4O4S/c1-27-12-22(25-14-27)33(30,31)28-10-19(15-2-4-16(23)5-3-15)20(11-28)32-13-21(29)26-18-8-6-17(24)7-9-18/h2-9,12,14,19-20H,10-11,13H2,1H3,(H,26,29). The van der Waals surface area contributed by atoms with E-state index in [1.807, 2.05) is 0 Å². The normalized spacial score (nSPS) is 19.0. The van der Waals surface area contributed by atoms with E-state index in [0.717, 1.165) is 0 Å². The molecule has 11 heteroatoms. The number of sulfonamides is 1. The summed E-state index contributed by atoms with van der Waals surface area (Å²) >= 11 is 0. The van der Waals surface area contributed by atoms with Crippen molar-refractivity contribution < 1.29 is 26.7 Å². The van der Waals surface area contributed by atoms with Crippen LogP contribution in [0.1, 0.15) is 11.5 Å². The number of hydrogen-bond donors (Lipinski definition) is 1. The fourth-order valence-corrected chi connectivity index (χ4v) is 5.15. The van der Waals surface area contributed by atoms with Crippen LogP contribution in [0.4, 0.5) is 14.5 Å². The second kappa shape index (κ2) is 9.38. The van der Waals surface area contributed by atoms with Crippen molar-refractivity contribution in [3.8, 4) is 0 Å². The molecule has 1 aliphatic rings. The van der Waals surface area contributed by atoms with Crippen LogP contribution in [0, 0.1) is 11.6 Å². The predicted molar refractivity (Wildman–Crippen MR) is 116 cm³/mol. The molecule has 1 N–H and O–H groups in total. The van der Waals surface area contributed by atoms with Crippen LogP contribution in [0.3, 0.4) is 0 Å². The van der Waals surface area contributed by atoms with Crippen molar-refractivity contribution in [1.29, 1.82) is 0 Å². The summed E-state index contributed by atoms with van der Waals surface area (Å²) in [5.41, 5.74) is 1.10. The van der Waals surface area contributed by atoms with Crippen LogP contribution in [0.2, 0.25) is 0 Å². The Balaban J connectivity index is 1.50. The van der Waals surface area contributed by atoms with Crippen molar-refractivity contribution >= 4 is 21.6 Å². The van der Waals surface area contributed by atoms with Crippen molar-refractivity contribution in [3.05, 3.63) is 78.3 Å². The molecule has 1 amide bonds. The minimum absolute atomic E-state index is 0.00474. The number of rotatable bonds is 7. The summed E-state index contributed by atoms with van der Waals surface area (Å²) in [4.78, 5) is 16.3. The third kappa shape index (κ3) is 5.27. The van der Waals surface area contributed by atoms with Gasteiger partial charge >= 0.3 is 0 Å². The van der Waals surface area contributed by atoms with Crippen LogP contribution in [-0.4, -0.2) is 54.0 Å². The molecule has 1 aromatic heterocycles. The molecule has 3 aromatic rings. The summed E-state index contributed by atoms with van der Waals surface area (Å²) in [6.07, 6.45) is 2.16. The highest BCUT2D eigenvalue weighted by atomic mass is 32.2. The van der Waals surface area contributed by atoms with E-state index < -0.39 is 39.6 Å². The van der Waals surface area contributed by atoms with Crippen molar-refractivity contribution in [2.24, 2.45) is 7.05 Å². The van der Waals surface area contributed by atoms with Crippen LogP contribution < -0.4 is 5.32 Å². The maximum absolute atomic E-state index is 13.4. The Morgan fingerprint density at radius 3 is 2.33 bits per heavy atom. The van der Waals surface area contributed by atoms with E-state index in [-0.39, 0.29) is 24.7 Å². The number of aryl methyl sites for hydroxylation is 1. The molecular weight excluding hydrogens is 454 g/mol. The molecule has 174 valence electrons. The molecule has 0 saturated carbocycles. The first-order valence-electron chi connectivity index (χ1n) is 10.1. The van der Waals surface area contributed by atoms with E-state index >= 15 is 0 Å². The Hall–Kier alpha value is -3.15. The first-order chi connectivity index (χ1) is 15.7. The van der Waals surface area contributed by atoms with Gasteiger partial charge in [-0.15, -0.1) is 0 Å². The molecule has 0 spiro atoms. The molecule has 33 heavy (non-hydrogen) atoms. The topological polar surface area (TPSA) is 93.5 Å². The van der Waals surface area contributed by atoms with Gasteiger partial charge in [0.15, 0.2) is 5.03 Å². The number of carbonyl (C=O) groups is 1. The zero-order valence-corrected chi connectivity index (χ0v) is 18.5. The molecule has 0 aliphatic carbocycles. The fourth-order valence-electron chi connectivity index (χ4n) is 3.70. The van der Waals surface area contributed by atoms with E-state index in [1.165, 1.54) is 57.8 Å². The zero-order chi connectivity index (χ0) is 23.6. The van der Waals surface area contributed by atoms with Gasteiger partial charge in [-0.3, -0.25) is 4.79 Å². The lowest BCUT2D eigenvalue weighted by molar-refractivity contribution is -0.122. The number of halogens is 2. The number of amides is 1. The molecule has 8 nitrogen and oxygen atoms in total. The molecule has 2 heterocycles. The molecule has 0 bridgehead atoms. The molecule has 2 atom stereocenters. The summed E-state index contributed by atoms with van der Waals surface area (Å²) in [7, 11) is -2.21. The largest absolute Gasteiger partial charge is 0.366 e. The van der Waals surface area contributed by atoms with Gasteiger partial charge in [-0.2, -0.15) is 4.31 Å². The third-order valence-electron chi connectivity index (χ3n) is 5.37. The average Bonchev–Trinajstić information content (AvgIpc) is 3.42. The van der Waals surface area contributed by atoms with Gasteiger partial charge in [0.1, 0.15) is 18.2 Å². The second-order valence-corrected chi connectivity index (χ2v) is 9.65. The highest BCUT2D eigenvalue weighted by molar-refractivity contribution is 7.89. The van der Waals surface area contributed by atoms with E-state index in [4.69, 9.17) is 4.74 Å². The zero-order valence-electron chi connectivity index (χ0n) is 17.7. The summed E-state index contributed by atoms with van der Waals surface area (Å²) in [5.74, 6) is -1.72. The maximum atomic E-state index is 13.4. The molecule has 2 unspecified atom stereocenters. The maximum Gasteiger partial charge on any atom is 0.262 e. The number of imidazole rings is 1. The molecular formula is C22H22F2N4O4S. The van der Waals surface area contributed by atoms with Gasteiger partial charge < -0.3 is 14.6 Å². The Kier molecular flexibility index (Phi) is 6.54. The van der Waals surface area contributed by atoms with Gasteiger partial charge in [-0.1, -0.05) is 12.1 Å². The lowest BCUT2D eigenvalue weighted by Gasteiger charge is -2.19. The average molecular weight is 477 g/mol. The van der Waals surface area contributed by atoms with Crippen molar-refractivity contribution in [1.82, 2.24) is 13.9 Å². The van der Waals surface area contributed by atoms with E-state index in [9.17, 15) is 22.0 Å². The monoisotopic (exact) mass is 476 g/mol. The van der Waals surface area contributed by atoms with Crippen molar-refractivity contribution in [3.63, 3.8) is 0 Å². The van der Waals surface area contributed by atoms with Crippen LogP contribution in [-0.2, 0) is 26.6 Å². The van der Waals surface area contributed by atoms with E-state index in [2.05, 4.69) is 10.3 Å². The minimum Gasteiger partial charge on any atom is -0.366 e. The number of nitrogens with zero attached hydrogens (tertiary/aromatic N) is 3. The Bertz CT molecular complexity index is 1230. The highest BCUT2D eigenvalue weighted by Crippen LogP contribution is 2.33. The van der Waals surface area contributed by atoms with Crippen LogP contribution in [0.15, 0.2) is 66.1 Å². The van der Waals surface area contributed by atoms with Gasteiger partial charge in [0, 0.05) is 37.9 Å². The van der Waals surface area contributed by atoms with Gasteiger partial charge in [0.05, 0.1) is 12.4 Å². The quantitative estimate of drug-likeness (QED) is 0.566. The first-order valence-corrected chi connectivity index (χ1v) is 11.6.